The summed E-state index contributed by atoms with van der Waals surface area (Å²) in [5.41, 5.74) is 0. The Balaban J connectivity index is 2.72. The van der Waals surface area contributed by atoms with Crippen molar-refractivity contribution >= 4 is 19.3 Å². The number of nitrogens with zero attached hydrogens (tertiary/aromatic N) is 1. The van der Waals surface area contributed by atoms with Crippen LogP contribution in [0, 0.1) is 0 Å². The van der Waals surface area contributed by atoms with Crippen molar-refractivity contribution in [2.24, 2.45) is 0 Å². The monoisotopic (exact) mass is 152 g/mol. The fourth-order valence-electron chi connectivity index (χ4n) is 0.320. The van der Waals surface area contributed by atoms with Crippen molar-refractivity contribution in [3.63, 3.8) is 0 Å². The second kappa shape index (κ2) is 5.87. The van der Waals surface area contributed by atoms with Crippen molar-refractivity contribution in [2.45, 2.75) is 13.3 Å². The lowest BCUT2D eigenvalue weighted by atomic mass is 10.6. The maximum absolute atomic E-state index is 2.28. The van der Waals surface area contributed by atoms with Gasteiger partial charge >= 0.3 is 0 Å². The second-order valence-corrected chi connectivity index (χ2v) is 5.56. The van der Waals surface area contributed by atoms with Crippen LogP contribution in [0.1, 0.15) is 13.3 Å². The van der Waals surface area contributed by atoms with Gasteiger partial charge < -0.3 is 0 Å². The number of rotatable bonds is 4. The molecule has 1 unspecified atom stereocenters. The van der Waals surface area contributed by atoms with E-state index in [1.807, 2.05) is 0 Å². The molecule has 0 aliphatic rings. The summed E-state index contributed by atoms with van der Waals surface area (Å²) in [4.78, 5) is 0. The van der Waals surface area contributed by atoms with Crippen molar-refractivity contribution in [3.05, 3.63) is 0 Å². The molecule has 0 radical (unpaired) electrons. The van der Waals surface area contributed by atoms with Gasteiger partial charge in [-0.15, -0.1) is 0 Å². The Hall–Kier alpha value is 0.740. The standard InChI is InChI=1S/C5H14NPS/c1-4-5-8-7-6(2)3/h7H,4-5H2,1-3H3/p+1. The lowest BCUT2D eigenvalue weighted by Gasteiger charge is -1.97. The third-order valence-electron chi connectivity index (χ3n) is 0.607. The first-order valence-electron chi connectivity index (χ1n) is 2.88. The molecule has 0 spiro atoms. The molecule has 0 bridgehead atoms. The summed E-state index contributed by atoms with van der Waals surface area (Å²) in [6.07, 6.45) is 1.31. The van der Waals surface area contributed by atoms with Crippen molar-refractivity contribution in [3.8, 4) is 0 Å². The molecule has 0 aliphatic carbocycles. The Morgan fingerprint density at radius 1 is 1.50 bits per heavy atom. The van der Waals surface area contributed by atoms with E-state index in [4.69, 9.17) is 0 Å². The fraction of sp³-hybridized carbons (Fsp3) is 1.00. The number of hydrogen-bond donors (Lipinski definition) is 0. The highest BCUT2D eigenvalue weighted by molar-refractivity contribution is 8.48. The van der Waals surface area contributed by atoms with E-state index in [0.717, 1.165) is 0 Å². The molecule has 3 heteroatoms. The molecule has 0 aliphatic heterocycles. The first kappa shape index (κ1) is 8.74. The van der Waals surface area contributed by atoms with Crippen molar-refractivity contribution in [1.29, 1.82) is 0 Å². The van der Waals surface area contributed by atoms with Gasteiger partial charge in [-0.05, 0) is 6.42 Å². The maximum Gasteiger partial charge on any atom is 0.116 e. The molecular weight excluding hydrogens is 137 g/mol. The Bertz CT molecular complexity index is 49.7. The van der Waals surface area contributed by atoms with E-state index in [2.05, 4.69) is 37.1 Å². The maximum atomic E-state index is 2.28. The SMILES string of the molecule is CCCS[PH2+]N(C)C. The zero-order chi connectivity index (χ0) is 6.41. The molecule has 50 valence electrons. The van der Waals surface area contributed by atoms with E-state index >= 15 is 0 Å². The molecule has 0 rings (SSSR count). The normalized spacial score (nSPS) is 12.0. The van der Waals surface area contributed by atoms with Crippen LogP contribution >= 0.6 is 19.3 Å². The Kier molecular flexibility index (Phi) is 6.41. The first-order valence-corrected chi connectivity index (χ1v) is 5.86. The highest BCUT2D eigenvalue weighted by Gasteiger charge is 1.95. The molecule has 0 heterocycles. The minimum Gasteiger partial charge on any atom is -0.180 e. The van der Waals surface area contributed by atoms with Crippen molar-refractivity contribution in [1.82, 2.24) is 4.67 Å². The Labute approximate surface area is 57.8 Å². The molecule has 0 aromatic rings. The molecule has 8 heavy (non-hydrogen) atoms. The molecule has 0 saturated carbocycles. The van der Waals surface area contributed by atoms with Crippen LogP contribution < -0.4 is 0 Å². The van der Waals surface area contributed by atoms with Crippen LogP contribution in [0.2, 0.25) is 0 Å². The van der Waals surface area contributed by atoms with Crippen LogP contribution in [0.25, 0.3) is 0 Å². The van der Waals surface area contributed by atoms with Crippen LogP contribution in [0.5, 0.6) is 0 Å². The summed E-state index contributed by atoms with van der Waals surface area (Å²) < 4.78 is 2.28. The van der Waals surface area contributed by atoms with Gasteiger partial charge in [-0.1, -0.05) is 6.92 Å². The van der Waals surface area contributed by atoms with Gasteiger partial charge in [0, 0.05) is 31.2 Å². The van der Waals surface area contributed by atoms with Gasteiger partial charge in [0.2, 0.25) is 0 Å². The topological polar surface area (TPSA) is 3.24 Å². The highest BCUT2D eigenvalue weighted by atomic mass is 32.7. The molecule has 0 amide bonds. The number of hydrogen-bond acceptors (Lipinski definition) is 2. The molecule has 0 fully saturated rings. The average Bonchev–Trinajstić information content (AvgIpc) is 1.66. The zero-order valence-electron chi connectivity index (χ0n) is 5.85. The highest BCUT2D eigenvalue weighted by Crippen LogP contribution is 2.30. The van der Waals surface area contributed by atoms with E-state index < -0.39 is 0 Å². The first-order chi connectivity index (χ1) is 3.77. The van der Waals surface area contributed by atoms with Crippen LogP contribution in [0.15, 0.2) is 0 Å². The third kappa shape index (κ3) is 6.74. The summed E-state index contributed by atoms with van der Waals surface area (Å²) in [7, 11) is 4.79. The van der Waals surface area contributed by atoms with Gasteiger partial charge in [-0.25, -0.2) is 0 Å². The van der Waals surface area contributed by atoms with Crippen molar-refractivity contribution < 1.29 is 0 Å². The quantitative estimate of drug-likeness (QED) is 0.447. The van der Waals surface area contributed by atoms with E-state index in [-0.39, 0.29) is 0 Å². The van der Waals surface area contributed by atoms with Crippen LogP contribution in [-0.4, -0.2) is 24.5 Å². The molecular formula is C5H15NPS+. The molecule has 0 saturated heterocycles. The van der Waals surface area contributed by atoms with Crippen LogP contribution in [0.4, 0.5) is 0 Å². The largest absolute Gasteiger partial charge is 0.180 e. The lowest BCUT2D eigenvalue weighted by Crippen LogP contribution is -1.93. The van der Waals surface area contributed by atoms with Crippen molar-refractivity contribution in [2.75, 3.05) is 19.8 Å². The van der Waals surface area contributed by atoms with E-state index in [0.29, 0.717) is 7.93 Å². The van der Waals surface area contributed by atoms with Crippen LogP contribution in [-0.2, 0) is 0 Å². The third-order valence-corrected chi connectivity index (χ3v) is 4.24. The van der Waals surface area contributed by atoms with Gasteiger partial charge in [0.15, 0.2) is 0 Å². The zero-order valence-corrected chi connectivity index (χ0v) is 7.82. The average molecular weight is 152 g/mol. The van der Waals surface area contributed by atoms with Gasteiger partial charge in [0.05, 0.1) is 0 Å². The minimum absolute atomic E-state index is 0.515. The molecule has 0 N–H and O–H groups in total. The summed E-state index contributed by atoms with van der Waals surface area (Å²) in [5.74, 6) is 1.33. The van der Waals surface area contributed by atoms with E-state index in [9.17, 15) is 0 Å². The molecule has 1 nitrogen and oxygen atoms in total. The van der Waals surface area contributed by atoms with Crippen LogP contribution in [0.3, 0.4) is 0 Å². The predicted octanol–water partition coefficient (Wildman–Crippen LogP) is 1.93. The lowest BCUT2D eigenvalue weighted by molar-refractivity contribution is 0.700. The van der Waals surface area contributed by atoms with Gasteiger partial charge in [-0.2, -0.15) is 4.67 Å². The molecule has 0 aromatic heterocycles. The second-order valence-electron chi connectivity index (χ2n) is 1.94. The predicted molar refractivity (Wildman–Crippen MR) is 46.1 cm³/mol. The summed E-state index contributed by atoms with van der Waals surface area (Å²) in [6, 6.07) is 0. The Morgan fingerprint density at radius 2 is 2.12 bits per heavy atom. The minimum atomic E-state index is 0.515. The summed E-state index contributed by atoms with van der Waals surface area (Å²) in [6.45, 7) is 2.22. The molecule has 1 atom stereocenters. The summed E-state index contributed by atoms with van der Waals surface area (Å²) in [5, 5.41) is 0. The van der Waals surface area contributed by atoms with Gasteiger partial charge in [0.25, 0.3) is 0 Å². The molecule has 0 aromatic carbocycles. The Morgan fingerprint density at radius 3 is 2.50 bits per heavy atom. The van der Waals surface area contributed by atoms with E-state index in [1.54, 1.807) is 0 Å². The fourth-order valence-corrected chi connectivity index (χ4v) is 2.88. The smallest absolute Gasteiger partial charge is 0.116 e. The van der Waals surface area contributed by atoms with E-state index in [1.165, 1.54) is 12.2 Å². The summed E-state index contributed by atoms with van der Waals surface area (Å²) >= 11 is 2.07. The van der Waals surface area contributed by atoms with Gasteiger partial charge in [-0.3, -0.25) is 0 Å². The van der Waals surface area contributed by atoms with Gasteiger partial charge in [0.1, 0.15) is 7.93 Å².